The van der Waals surface area contributed by atoms with Gasteiger partial charge in [-0.25, -0.2) is 0 Å². The Kier molecular flexibility index (Phi) is 6.85. The number of benzene rings is 1. The van der Waals surface area contributed by atoms with Crippen molar-refractivity contribution in [3.05, 3.63) is 35.4 Å². The lowest BCUT2D eigenvalue weighted by molar-refractivity contribution is -0.122. The number of aryl methyl sites for hydroxylation is 1. The van der Waals surface area contributed by atoms with Gasteiger partial charge in [-0.05, 0) is 48.8 Å². The highest BCUT2D eigenvalue weighted by Gasteiger charge is 2.20. The summed E-state index contributed by atoms with van der Waals surface area (Å²) in [6.45, 7) is 12.3. The van der Waals surface area contributed by atoms with E-state index in [0.29, 0.717) is 12.5 Å². The van der Waals surface area contributed by atoms with Gasteiger partial charge in [0.25, 0.3) is 0 Å². The first-order chi connectivity index (χ1) is 11.4. The van der Waals surface area contributed by atoms with E-state index in [1.54, 1.807) is 0 Å². The summed E-state index contributed by atoms with van der Waals surface area (Å²) in [6.07, 6.45) is 4.80. The van der Waals surface area contributed by atoms with E-state index in [0.717, 1.165) is 32.4 Å². The number of hydrogen-bond donors (Lipinski definition) is 1. The predicted octanol–water partition coefficient (Wildman–Crippen LogP) is 3.91. The number of likely N-dealkylation sites (tertiary alicyclic amines) is 1. The van der Waals surface area contributed by atoms with Gasteiger partial charge in [-0.3, -0.25) is 4.79 Å². The van der Waals surface area contributed by atoms with Crippen LogP contribution in [-0.4, -0.2) is 36.5 Å². The van der Waals surface area contributed by atoms with Gasteiger partial charge in [0.1, 0.15) is 0 Å². The van der Waals surface area contributed by atoms with Crippen LogP contribution in [0.2, 0.25) is 0 Å². The quantitative estimate of drug-likeness (QED) is 0.858. The topological polar surface area (TPSA) is 32.3 Å². The molecule has 0 bridgehead atoms. The summed E-state index contributed by atoms with van der Waals surface area (Å²) in [7, 11) is 0. The summed E-state index contributed by atoms with van der Waals surface area (Å²) >= 11 is 0. The third-order valence-electron chi connectivity index (χ3n) is 4.95. The van der Waals surface area contributed by atoms with E-state index in [4.69, 9.17) is 0 Å². The third kappa shape index (κ3) is 5.94. The Morgan fingerprint density at radius 1 is 1.17 bits per heavy atom. The molecule has 24 heavy (non-hydrogen) atoms. The number of nitrogens with zero attached hydrogens (tertiary/aromatic N) is 1. The minimum atomic E-state index is 0.183. The lowest BCUT2D eigenvalue weighted by atomic mass is 9.86. The molecule has 1 aliphatic rings. The summed E-state index contributed by atoms with van der Waals surface area (Å²) in [5.41, 5.74) is 2.77. The van der Waals surface area contributed by atoms with Gasteiger partial charge in [0.15, 0.2) is 0 Å². The van der Waals surface area contributed by atoms with Crippen LogP contribution in [-0.2, 0) is 16.6 Å². The Labute approximate surface area is 147 Å². The van der Waals surface area contributed by atoms with E-state index < -0.39 is 0 Å². The predicted molar refractivity (Wildman–Crippen MR) is 101 cm³/mol. The Bertz CT molecular complexity index is 508. The van der Waals surface area contributed by atoms with Gasteiger partial charge in [0.2, 0.25) is 5.91 Å². The molecule has 0 aromatic heterocycles. The fraction of sp³-hybridized carbons (Fsp3) is 0.667. The van der Waals surface area contributed by atoms with Crippen LogP contribution in [0.1, 0.15) is 64.5 Å². The molecule has 3 heteroatoms. The minimum absolute atomic E-state index is 0.183. The van der Waals surface area contributed by atoms with E-state index >= 15 is 0 Å². The Morgan fingerprint density at radius 3 is 2.33 bits per heavy atom. The summed E-state index contributed by atoms with van der Waals surface area (Å²) in [5.74, 6) is 0.198. The first kappa shape index (κ1) is 19.0. The molecule has 1 amide bonds. The highest BCUT2D eigenvalue weighted by atomic mass is 16.1. The van der Waals surface area contributed by atoms with Crippen LogP contribution < -0.4 is 5.32 Å². The molecule has 0 radical (unpaired) electrons. The van der Waals surface area contributed by atoms with Gasteiger partial charge in [-0.15, -0.1) is 0 Å². The second-order valence-corrected chi connectivity index (χ2v) is 8.13. The standard InChI is InChI=1S/C21H34N2O/c1-5-14-23-15-12-19(13-16-23)22-20(24)11-8-17-6-9-18(10-7-17)21(2,3)4/h6-7,9-10,19H,5,8,11-16H2,1-4H3,(H,22,24). The van der Waals surface area contributed by atoms with E-state index in [2.05, 4.69) is 62.2 Å². The maximum Gasteiger partial charge on any atom is 0.220 e. The summed E-state index contributed by atoms with van der Waals surface area (Å²) in [6, 6.07) is 9.08. The van der Waals surface area contributed by atoms with Crippen molar-refractivity contribution in [1.82, 2.24) is 10.2 Å². The smallest absolute Gasteiger partial charge is 0.220 e. The first-order valence-electron chi connectivity index (χ1n) is 9.49. The zero-order chi connectivity index (χ0) is 17.6. The number of carbonyl (C=O) groups excluding carboxylic acids is 1. The number of hydrogen-bond acceptors (Lipinski definition) is 2. The third-order valence-corrected chi connectivity index (χ3v) is 4.95. The zero-order valence-electron chi connectivity index (χ0n) is 15.9. The molecule has 1 aliphatic heterocycles. The lowest BCUT2D eigenvalue weighted by Crippen LogP contribution is -2.44. The molecule has 1 heterocycles. The van der Waals surface area contributed by atoms with Gasteiger partial charge in [-0.2, -0.15) is 0 Å². The highest BCUT2D eigenvalue weighted by molar-refractivity contribution is 5.76. The number of piperidine rings is 1. The van der Waals surface area contributed by atoms with Crippen molar-refractivity contribution in [1.29, 1.82) is 0 Å². The van der Waals surface area contributed by atoms with Crippen LogP contribution in [0, 0.1) is 0 Å². The van der Waals surface area contributed by atoms with Crippen molar-refractivity contribution in [2.75, 3.05) is 19.6 Å². The van der Waals surface area contributed by atoms with E-state index in [-0.39, 0.29) is 11.3 Å². The molecular formula is C21H34N2O. The molecule has 1 N–H and O–H groups in total. The van der Waals surface area contributed by atoms with Crippen molar-refractivity contribution in [2.24, 2.45) is 0 Å². The van der Waals surface area contributed by atoms with Crippen LogP contribution in [0.5, 0.6) is 0 Å². The number of rotatable bonds is 6. The first-order valence-corrected chi connectivity index (χ1v) is 9.49. The minimum Gasteiger partial charge on any atom is -0.353 e. The maximum atomic E-state index is 12.2. The van der Waals surface area contributed by atoms with Crippen LogP contribution in [0.4, 0.5) is 0 Å². The number of nitrogens with one attached hydrogen (secondary N) is 1. The van der Waals surface area contributed by atoms with Crippen molar-refractivity contribution in [3.8, 4) is 0 Å². The molecule has 1 saturated heterocycles. The van der Waals surface area contributed by atoms with Gasteiger partial charge in [0.05, 0.1) is 0 Å². The van der Waals surface area contributed by atoms with E-state index in [1.165, 1.54) is 24.1 Å². The normalized spacial score (nSPS) is 17.0. The highest BCUT2D eigenvalue weighted by Crippen LogP contribution is 2.22. The Morgan fingerprint density at radius 2 is 1.79 bits per heavy atom. The Hall–Kier alpha value is -1.35. The van der Waals surface area contributed by atoms with Crippen LogP contribution in [0.3, 0.4) is 0 Å². The molecule has 2 rings (SSSR count). The fourth-order valence-corrected chi connectivity index (χ4v) is 3.35. The van der Waals surface area contributed by atoms with E-state index in [1.807, 2.05) is 0 Å². The van der Waals surface area contributed by atoms with Crippen LogP contribution in [0.25, 0.3) is 0 Å². The summed E-state index contributed by atoms with van der Waals surface area (Å²) in [4.78, 5) is 14.7. The van der Waals surface area contributed by atoms with Crippen molar-refractivity contribution in [2.45, 2.75) is 71.3 Å². The molecule has 0 atom stereocenters. The molecule has 1 aromatic carbocycles. The molecule has 134 valence electrons. The molecule has 0 saturated carbocycles. The zero-order valence-corrected chi connectivity index (χ0v) is 15.9. The molecule has 0 spiro atoms. The van der Waals surface area contributed by atoms with Crippen molar-refractivity contribution < 1.29 is 4.79 Å². The molecule has 1 fully saturated rings. The Balaban J connectivity index is 1.72. The second kappa shape index (κ2) is 8.66. The molecule has 3 nitrogen and oxygen atoms in total. The average molecular weight is 331 g/mol. The van der Waals surface area contributed by atoms with Gasteiger partial charge in [0, 0.05) is 25.6 Å². The SMILES string of the molecule is CCCN1CCC(NC(=O)CCc2ccc(C(C)(C)C)cc2)CC1. The summed E-state index contributed by atoms with van der Waals surface area (Å²) in [5, 5.41) is 3.22. The molecular weight excluding hydrogens is 296 g/mol. The van der Waals surface area contributed by atoms with Gasteiger partial charge < -0.3 is 10.2 Å². The molecule has 0 unspecified atom stereocenters. The monoisotopic (exact) mass is 330 g/mol. The van der Waals surface area contributed by atoms with E-state index in [9.17, 15) is 4.79 Å². The molecule has 0 aliphatic carbocycles. The van der Waals surface area contributed by atoms with Crippen molar-refractivity contribution in [3.63, 3.8) is 0 Å². The fourth-order valence-electron chi connectivity index (χ4n) is 3.35. The average Bonchev–Trinajstić information content (AvgIpc) is 2.55. The lowest BCUT2D eigenvalue weighted by Gasteiger charge is -2.32. The van der Waals surface area contributed by atoms with Crippen LogP contribution >= 0.6 is 0 Å². The maximum absolute atomic E-state index is 12.2. The number of carbonyl (C=O) groups is 1. The molecule has 1 aromatic rings. The largest absolute Gasteiger partial charge is 0.353 e. The number of amides is 1. The van der Waals surface area contributed by atoms with Crippen molar-refractivity contribution >= 4 is 5.91 Å². The van der Waals surface area contributed by atoms with Crippen LogP contribution in [0.15, 0.2) is 24.3 Å². The van der Waals surface area contributed by atoms with Gasteiger partial charge in [-0.1, -0.05) is 52.0 Å². The van der Waals surface area contributed by atoms with Gasteiger partial charge >= 0.3 is 0 Å². The summed E-state index contributed by atoms with van der Waals surface area (Å²) < 4.78 is 0. The second-order valence-electron chi connectivity index (χ2n) is 8.13.